The molecule has 3 N–H and O–H groups in total. The summed E-state index contributed by atoms with van der Waals surface area (Å²) in [7, 11) is 0. The summed E-state index contributed by atoms with van der Waals surface area (Å²) in [5.74, 6) is 0.0508. The van der Waals surface area contributed by atoms with E-state index in [4.69, 9.17) is 11.0 Å². The fourth-order valence-corrected chi connectivity index (χ4v) is 2.70. The van der Waals surface area contributed by atoms with Crippen LogP contribution >= 0.6 is 0 Å². The maximum atomic E-state index is 12.3. The summed E-state index contributed by atoms with van der Waals surface area (Å²) in [6, 6.07) is 9.38. The van der Waals surface area contributed by atoms with E-state index >= 15 is 0 Å². The summed E-state index contributed by atoms with van der Waals surface area (Å²) in [4.78, 5) is 12.3. The number of nitrogens with one attached hydrogen (secondary N) is 1. The van der Waals surface area contributed by atoms with Crippen LogP contribution in [-0.2, 0) is 11.3 Å². The summed E-state index contributed by atoms with van der Waals surface area (Å²) in [5, 5.41) is 11.8. The molecule has 1 aliphatic carbocycles. The molecule has 4 nitrogen and oxygen atoms in total. The molecule has 0 heterocycles. The highest BCUT2D eigenvalue weighted by molar-refractivity contribution is 5.83. The van der Waals surface area contributed by atoms with Gasteiger partial charge in [-0.1, -0.05) is 25.0 Å². The van der Waals surface area contributed by atoms with Crippen molar-refractivity contribution in [3.63, 3.8) is 0 Å². The Bertz CT molecular complexity index is 498. The number of nitrogens with two attached hydrogens (primary N) is 1. The Hall–Kier alpha value is -1.86. The fraction of sp³-hybridized carbons (Fsp3) is 0.467. The Labute approximate surface area is 113 Å². The lowest BCUT2D eigenvalue weighted by molar-refractivity contribution is -0.130. The van der Waals surface area contributed by atoms with E-state index in [0.29, 0.717) is 18.7 Å². The molecule has 100 valence electrons. The van der Waals surface area contributed by atoms with Crippen LogP contribution in [0.15, 0.2) is 24.3 Å². The van der Waals surface area contributed by atoms with Crippen molar-refractivity contribution in [2.45, 2.75) is 32.2 Å². The van der Waals surface area contributed by atoms with Crippen molar-refractivity contribution in [2.75, 3.05) is 6.54 Å². The van der Waals surface area contributed by atoms with Crippen LogP contribution in [-0.4, -0.2) is 12.5 Å². The number of carbonyl (C=O) groups excluding carboxylic acids is 1. The van der Waals surface area contributed by atoms with Crippen LogP contribution in [0.25, 0.3) is 0 Å². The van der Waals surface area contributed by atoms with Gasteiger partial charge < -0.3 is 11.1 Å². The lowest BCUT2D eigenvalue weighted by Gasteiger charge is -2.25. The second-order valence-corrected chi connectivity index (χ2v) is 5.19. The normalized spacial score (nSPS) is 16.8. The van der Waals surface area contributed by atoms with Crippen LogP contribution in [0.5, 0.6) is 0 Å². The van der Waals surface area contributed by atoms with E-state index in [1.54, 1.807) is 12.1 Å². The number of nitrogens with zero attached hydrogens (tertiary/aromatic N) is 1. The third-order valence-corrected chi connectivity index (χ3v) is 3.94. The molecule has 1 aromatic rings. The van der Waals surface area contributed by atoms with Gasteiger partial charge in [-0.2, -0.15) is 5.26 Å². The first-order valence-electron chi connectivity index (χ1n) is 6.68. The van der Waals surface area contributed by atoms with Gasteiger partial charge in [0.1, 0.15) is 0 Å². The topological polar surface area (TPSA) is 78.9 Å². The molecule has 1 fully saturated rings. The van der Waals surface area contributed by atoms with E-state index in [1.807, 2.05) is 12.1 Å². The van der Waals surface area contributed by atoms with E-state index < -0.39 is 0 Å². The minimum Gasteiger partial charge on any atom is -0.352 e. The van der Waals surface area contributed by atoms with Crippen molar-refractivity contribution in [3.05, 3.63) is 35.4 Å². The third kappa shape index (κ3) is 2.94. The minimum absolute atomic E-state index is 0.0508. The first kappa shape index (κ1) is 13.6. The monoisotopic (exact) mass is 257 g/mol. The zero-order chi connectivity index (χ0) is 13.7. The molecule has 0 bridgehead atoms. The Morgan fingerprint density at radius 1 is 1.42 bits per heavy atom. The maximum Gasteiger partial charge on any atom is 0.227 e. The number of hydrogen-bond acceptors (Lipinski definition) is 3. The van der Waals surface area contributed by atoms with Crippen LogP contribution in [0.3, 0.4) is 0 Å². The number of hydrogen-bond donors (Lipinski definition) is 2. The Morgan fingerprint density at radius 2 is 2.16 bits per heavy atom. The Balaban J connectivity index is 1.98. The van der Waals surface area contributed by atoms with Gasteiger partial charge in [0.25, 0.3) is 0 Å². The highest BCUT2D eigenvalue weighted by Crippen LogP contribution is 2.37. The van der Waals surface area contributed by atoms with Crippen molar-refractivity contribution in [1.82, 2.24) is 5.32 Å². The summed E-state index contributed by atoms with van der Waals surface area (Å²) in [5.41, 5.74) is 6.97. The van der Waals surface area contributed by atoms with Crippen LogP contribution in [0, 0.1) is 16.7 Å². The van der Waals surface area contributed by atoms with Crippen molar-refractivity contribution < 1.29 is 4.79 Å². The molecule has 0 unspecified atom stereocenters. The second-order valence-electron chi connectivity index (χ2n) is 5.19. The van der Waals surface area contributed by atoms with Gasteiger partial charge in [-0.25, -0.2) is 0 Å². The minimum atomic E-state index is -0.368. The molecule has 1 aromatic carbocycles. The molecule has 2 rings (SSSR count). The summed E-state index contributed by atoms with van der Waals surface area (Å²) < 4.78 is 0. The molecular weight excluding hydrogens is 238 g/mol. The first-order valence-corrected chi connectivity index (χ1v) is 6.68. The molecular formula is C15H19N3O. The second kappa shape index (κ2) is 5.85. The standard InChI is InChI=1S/C15H19N3O/c16-9-12-4-3-5-13(8-12)10-18-14(19)15(11-17)6-1-2-7-15/h3-5,8H,1-2,6-7,10-11,17H2,(H,18,19). The van der Waals surface area contributed by atoms with E-state index in [0.717, 1.165) is 31.2 Å². The molecule has 0 atom stereocenters. The summed E-state index contributed by atoms with van der Waals surface area (Å²) in [6.45, 7) is 0.868. The maximum absolute atomic E-state index is 12.3. The number of benzene rings is 1. The molecule has 0 aromatic heterocycles. The van der Waals surface area contributed by atoms with Crippen LogP contribution in [0.2, 0.25) is 0 Å². The van der Waals surface area contributed by atoms with Gasteiger partial charge in [0.05, 0.1) is 17.0 Å². The molecule has 0 aliphatic heterocycles. The van der Waals surface area contributed by atoms with E-state index in [9.17, 15) is 4.79 Å². The summed E-state index contributed by atoms with van der Waals surface area (Å²) in [6.07, 6.45) is 3.92. The molecule has 0 radical (unpaired) electrons. The highest BCUT2D eigenvalue weighted by Gasteiger charge is 2.39. The lowest BCUT2D eigenvalue weighted by Crippen LogP contribution is -2.43. The van der Waals surface area contributed by atoms with Gasteiger partial charge in [0, 0.05) is 13.1 Å². The molecule has 0 saturated heterocycles. The zero-order valence-electron chi connectivity index (χ0n) is 11.0. The Morgan fingerprint density at radius 3 is 2.79 bits per heavy atom. The largest absolute Gasteiger partial charge is 0.352 e. The Kier molecular flexibility index (Phi) is 4.18. The van der Waals surface area contributed by atoms with Gasteiger partial charge in [-0.05, 0) is 30.5 Å². The zero-order valence-corrected chi connectivity index (χ0v) is 11.0. The van der Waals surface area contributed by atoms with Crippen LogP contribution in [0.4, 0.5) is 0 Å². The van der Waals surface area contributed by atoms with E-state index in [2.05, 4.69) is 11.4 Å². The van der Waals surface area contributed by atoms with Gasteiger partial charge >= 0.3 is 0 Å². The smallest absolute Gasteiger partial charge is 0.227 e. The number of carbonyl (C=O) groups is 1. The van der Waals surface area contributed by atoms with Gasteiger partial charge in [-0.3, -0.25) is 4.79 Å². The van der Waals surface area contributed by atoms with Crippen LogP contribution < -0.4 is 11.1 Å². The average Bonchev–Trinajstić information content (AvgIpc) is 2.95. The SMILES string of the molecule is N#Cc1cccc(CNC(=O)C2(CN)CCCC2)c1. The molecule has 4 heteroatoms. The number of rotatable bonds is 4. The third-order valence-electron chi connectivity index (χ3n) is 3.94. The van der Waals surface area contributed by atoms with Crippen molar-refractivity contribution >= 4 is 5.91 Å². The molecule has 0 spiro atoms. The van der Waals surface area contributed by atoms with E-state index in [-0.39, 0.29) is 11.3 Å². The summed E-state index contributed by atoms with van der Waals surface area (Å²) >= 11 is 0. The predicted octanol–water partition coefficient (Wildman–Crippen LogP) is 1.69. The van der Waals surface area contributed by atoms with Crippen molar-refractivity contribution in [2.24, 2.45) is 11.1 Å². The lowest BCUT2D eigenvalue weighted by atomic mass is 9.85. The van der Waals surface area contributed by atoms with Gasteiger partial charge in [0.2, 0.25) is 5.91 Å². The number of nitriles is 1. The van der Waals surface area contributed by atoms with Crippen molar-refractivity contribution in [1.29, 1.82) is 5.26 Å². The molecule has 1 saturated carbocycles. The van der Waals surface area contributed by atoms with Crippen molar-refractivity contribution in [3.8, 4) is 6.07 Å². The molecule has 19 heavy (non-hydrogen) atoms. The first-order chi connectivity index (χ1) is 9.20. The average molecular weight is 257 g/mol. The quantitative estimate of drug-likeness (QED) is 0.861. The number of amides is 1. The molecule has 1 amide bonds. The van der Waals surface area contributed by atoms with Gasteiger partial charge in [0.15, 0.2) is 0 Å². The fourth-order valence-electron chi connectivity index (χ4n) is 2.70. The van der Waals surface area contributed by atoms with E-state index in [1.165, 1.54) is 0 Å². The molecule has 1 aliphatic rings. The predicted molar refractivity (Wildman–Crippen MR) is 73.0 cm³/mol. The van der Waals surface area contributed by atoms with Crippen LogP contribution in [0.1, 0.15) is 36.8 Å². The highest BCUT2D eigenvalue weighted by atomic mass is 16.2. The van der Waals surface area contributed by atoms with Gasteiger partial charge in [-0.15, -0.1) is 0 Å².